The molecular weight excluding hydrogens is 216 g/mol. The van der Waals surface area contributed by atoms with Gasteiger partial charge in [0.15, 0.2) is 0 Å². The summed E-state index contributed by atoms with van der Waals surface area (Å²) in [6.45, 7) is 2.44. The summed E-state index contributed by atoms with van der Waals surface area (Å²) in [7, 11) is 0. The highest BCUT2D eigenvalue weighted by atomic mass is 16.1. The van der Waals surface area contributed by atoms with Crippen molar-refractivity contribution >= 4 is 5.82 Å². The first-order valence-corrected chi connectivity index (χ1v) is 6.36. The Morgan fingerprint density at radius 2 is 2.35 bits per heavy atom. The molecule has 2 aliphatic rings. The molecule has 2 N–H and O–H groups in total. The van der Waals surface area contributed by atoms with Gasteiger partial charge in [-0.05, 0) is 32.2 Å². The van der Waals surface area contributed by atoms with Gasteiger partial charge in [0.25, 0.3) is 5.56 Å². The number of anilines is 1. The summed E-state index contributed by atoms with van der Waals surface area (Å²) in [5.74, 6) is 0.699. The normalized spacial score (nSPS) is 28.9. The van der Waals surface area contributed by atoms with Crippen LogP contribution in [0, 0.1) is 0 Å². The fourth-order valence-electron chi connectivity index (χ4n) is 3.01. The van der Waals surface area contributed by atoms with Crippen LogP contribution in [0.3, 0.4) is 0 Å². The Labute approximate surface area is 100 Å². The van der Waals surface area contributed by atoms with Gasteiger partial charge in [0.2, 0.25) is 0 Å². The molecule has 5 heteroatoms. The zero-order valence-corrected chi connectivity index (χ0v) is 9.85. The number of piperidine rings is 1. The Bertz CT molecular complexity index is 444. The molecule has 0 amide bonds. The number of fused-ring (bicyclic) bond motifs is 1. The molecule has 5 nitrogen and oxygen atoms in total. The van der Waals surface area contributed by atoms with Gasteiger partial charge in [0, 0.05) is 24.7 Å². The number of aromatic nitrogens is 2. The highest BCUT2D eigenvalue weighted by Gasteiger charge is 2.31. The van der Waals surface area contributed by atoms with E-state index in [0.717, 1.165) is 12.5 Å². The molecule has 1 aromatic heterocycles. The van der Waals surface area contributed by atoms with Crippen molar-refractivity contribution in [1.82, 2.24) is 14.9 Å². The van der Waals surface area contributed by atoms with Gasteiger partial charge in [-0.15, -0.1) is 0 Å². The smallest absolute Gasteiger partial charge is 0.252 e. The molecule has 3 heterocycles. The van der Waals surface area contributed by atoms with Gasteiger partial charge in [-0.3, -0.25) is 4.79 Å². The minimum absolute atomic E-state index is 0.0965. The van der Waals surface area contributed by atoms with Gasteiger partial charge in [-0.25, -0.2) is 4.98 Å². The first-order chi connectivity index (χ1) is 8.31. The van der Waals surface area contributed by atoms with Crippen molar-refractivity contribution in [3.63, 3.8) is 0 Å². The van der Waals surface area contributed by atoms with Crippen LogP contribution < -0.4 is 10.9 Å². The molecule has 2 unspecified atom stereocenters. The molecule has 1 aromatic rings. The van der Waals surface area contributed by atoms with Crippen LogP contribution in [0.15, 0.2) is 17.2 Å². The lowest BCUT2D eigenvalue weighted by molar-refractivity contribution is 0.188. The van der Waals surface area contributed by atoms with Gasteiger partial charge < -0.3 is 15.2 Å². The van der Waals surface area contributed by atoms with Crippen LogP contribution in [-0.4, -0.2) is 40.0 Å². The van der Waals surface area contributed by atoms with Gasteiger partial charge in [0.05, 0.1) is 6.33 Å². The maximum Gasteiger partial charge on any atom is 0.252 e. The van der Waals surface area contributed by atoms with E-state index in [2.05, 4.69) is 20.2 Å². The molecule has 0 aliphatic carbocycles. The number of aromatic amines is 1. The van der Waals surface area contributed by atoms with Crippen molar-refractivity contribution in [2.45, 2.75) is 37.8 Å². The lowest BCUT2D eigenvalue weighted by Crippen LogP contribution is -2.42. The minimum Gasteiger partial charge on any atom is -0.367 e. The van der Waals surface area contributed by atoms with Crippen LogP contribution in [0.2, 0.25) is 0 Å². The Morgan fingerprint density at radius 1 is 1.41 bits per heavy atom. The SMILES string of the molecule is O=c1cc(NC2CCN3CCCC3C2)nc[nH]1. The largest absolute Gasteiger partial charge is 0.367 e. The fraction of sp³-hybridized carbons (Fsp3) is 0.667. The molecule has 17 heavy (non-hydrogen) atoms. The van der Waals surface area contributed by atoms with Gasteiger partial charge in [-0.1, -0.05) is 0 Å². The van der Waals surface area contributed by atoms with Crippen molar-refractivity contribution in [1.29, 1.82) is 0 Å². The Hall–Kier alpha value is -1.36. The predicted molar refractivity (Wildman–Crippen MR) is 66.1 cm³/mol. The van der Waals surface area contributed by atoms with Crippen LogP contribution in [0.5, 0.6) is 0 Å². The molecule has 0 aromatic carbocycles. The Kier molecular flexibility index (Phi) is 2.84. The number of nitrogens with zero attached hydrogens (tertiary/aromatic N) is 2. The summed E-state index contributed by atoms with van der Waals surface area (Å²) in [4.78, 5) is 20.4. The topological polar surface area (TPSA) is 61.0 Å². The predicted octanol–water partition coefficient (Wildman–Crippen LogP) is 0.809. The highest BCUT2D eigenvalue weighted by molar-refractivity contribution is 5.33. The molecule has 0 radical (unpaired) electrons. The molecular formula is C12H18N4O. The molecule has 2 atom stereocenters. The number of nitrogens with one attached hydrogen (secondary N) is 2. The maximum atomic E-state index is 11.2. The number of hydrogen-bond acceptors (Lipinski definition) is 4. The first kappa shape index (κ1) is 10.8. The number of hydrogen-bond donors (Lipinski definition) is 2. The molecule has 0 saturated carbocycles. The maximum absolute atomic E-state index is 11.2. The molecule has 0 bridgehead atoms. The van der Waals surface area contributed by atoms with Crippen LogP contribution in [0.1, 0.15) is 25.7 Å². The second kappa shape index (κ2) is 4.49. The minimum atomic E-state index is -0.0965. The number of H-pyrrole nitrogens is 1. The molecule has 0 spiro atoms. The van der Waals surface area contributed by atoms with Crippen LogP contribution in [-0.2, 0) is 0 Å². The summed E-state index contributed by atoms with van der Waals surface area (Å²) in [6.07, 6.45) is 6.43. The van der Waals surface area contributed by atoms with Crippen LogP contribution >= 0.6 is 0 Å². The third kappa shape index (κ3) is 2.34. The van der Waals surface area contributed by atoms with Crippen molar-refractivity contribution in [3.05, 3.63) is 22.7 Å². The van der Waals surface area contributed by atoms with Gasteiger partial charge in [-0.2, -0.15) is 0 Å². The highest BCUT2D eigenvalue weighted by Crippen LogP contribution is 2.27. The summed E-state index contributed by atoms with van der Waals surface area (Å²) in [6, 6.07) is 2.73. The van der Waals surface area contributed by atoms with E-state index in [1.165, 1.54) is 44.7 Å². The monoisotopic (exact) mass is 234 g/mol. The summed E-state index contributed by atoms with van der Waals surface area (Å²) < 4.78 is 0. The van der Waals surface area contributed by atoms with Gasteiger partial charge in [0.1, 0.15) is 5.82 Å². The quantitative estimate of drug-likeness (QED) is 0.795. The summed E-state index contributed by atoms with van der Waals surface area (Å²) in [5, 5.41) is 3.38. The van der Waals surface area contributed by atoms with Gasteiger partial charge >= 0.3 is 0 Å². The molecule has 3 rings (SSSR count). The van der Waals surface area contributed by atoms with Crippen molar-refractivity contribution < 1.29 is 0 Å². The number of rotatable bonds is 2. The third-order valence-electron chi connectivity index (χ3n) is 3.85. The van der Waals surface area contributed by atoms with Crippen molar-refractivity contribution in [2.24, 2.45) is 0 Å². The summed E-state index contributed by atoms with van der Waals surface area (Å²) in [5.41, 5.74) is -0.0965. The Morgan fingerprint density at radius 3 is 3.24 bits per heavy atom. The van der Waals surface area contributed by atoms with E-state index < -0.39 is 0 Å². The van der Waals surface area contributed by atoms with E-state index in [1.54, 1.807) is 0 Å². The molecule has 2 saturated heterocycles. The fourth-order valence-corrected chi connectivity index (χ4v) is 3.01. The van der Waals surface area contributed by atoms with E-state index in [-0.39, 0.29) is 5.56 Å². The standard InChI is InChI=1S/C12H18N4O/c17-12-7-11(13-8-14-12)15-9-3-5-16-4-1-2-10(16)6-9/h7-10H,1-6H2,(H2,13,14,15,17). The molecule has 92 valence electrons. The zero-order chi connectivity index (χ0) is 11.7. The van der Waals surface area contributed by atoms with Crippen LogP contribution in [0.25, 0.3) is 0 Å². The van der Waals surface area contributed by atoms with Crippen molar-refractivity contribution in [2.75, 3.05) is 18.4 Å². The second-order valence-electron chi connectivity index (χ2n) is 4.99. The first-order valence-electron chi connectivity index (χ1n) is 6.36. The lowest BCUT2D eigenvalue weighted by atomic mass is 9.98. The summed E-state index contributed by atoms with van der Waals surface area (Å²) >= 11 is 0. The zero-order valence-electron chi connectivity index (χ0n) is 9.85. The third-order valence-corrected chi connectivity index (χ3v) is 3.85. The van der Waals surface area contributed by atoms with E-state index in [4.69, 9.17) is 0 Å². The van der Waals surface area contributed by atoms with Crippen LogP contribution in [0.4, 0.5) is 5.82 Å². The molecule has 2 fully saturated rings. The van der Waals surface area contributed by atoms with E-state index in [9.17, 15) is 4.79 Å². The average Bonchev–Trinajstić information content (AvgIpc) is 2.76. The van der Waals surface area contributed by atoms with E-state index >= 15 is 0 Å². The Balaban J connectivity index is 1.64. The molecule has 2 aliphatic heterocycles. The lowest BCUT2D eigenvalue weighted by Gasteiger charge is -2.35. The average molecular weight is 234 g/mol. The second-order valence-corrected chi connectivity index (χ2v) is 4.99. The van der Waals surface area contributed by atoms with Crippen molar-refractivity contribution in [3.8, 4) is 0 Å². The van der Waals surface area contributed by atoms with E-state index in [1.807, 2.05) is 0 Å². The van der Waals surface area contributed by atoms with E-state index in [0.29, 0.717) is 11.9 Å².